The van der Waals surface area contributed by atoms with Crippen molar-refractivity contribution in [3.63, 3.8) is 0 Å². The number of hydrogen-bond acceptors (Lipinski definition) is 7. The summed E-state index contributed by atoms with van der Waals surface area (Å²) >= 11 is 5.43. The standard InChI is InChI=1S/C20H20N4O5S2/c25-31(26,23-6-8-27-9-7-23)16-3-1-2-15(11-16)19-21-22-20(30)24(19)12-14-4-5-17-18(10-14)29-13-28-17/h1-5,10-11H,6-9,12-13H2,(H,22,30). The van der Waals surface area contributed by atoms with Gasteiger partial charge in [-0.3, -0.25) is 9.67 Å². The van der Waals surface area contributed by atoms with Gasteiger partial charge in [0.1, 0.15) is 0 Å². The Morgan fingerprint density at radius 2 is 1.87 bits per heavy atom. The highest BCUT2D eigenvalue weighted by atomic mass is 32.2. The van der Waals surface area contributed by atoms with Crippen LogP contribution in [0.15, 0.2) is 47.4 Å². The van der Waals surface area contributed by atoms with Crippen molar-refractivity contribution in [2.75, 3.05) is 33.1 Å². The van der Waals surface area contributed by atoms with Crippen molar-refractivity contribution in [2.45, 2.75) is 11.4 Å². The first-order valence-corrected chi connectivity index (χ1v) is 11.6. The summed E-state index contributed by atoms with van der Waals surface area (Å²) in [6, 6.07) is 12.5. The Labute approximate surface area is 184 Å². The summed E-state index contributed by atoms with van der Waals surface area (Å²) in [5.41, 5.74) is 1.61. The zero-order chi connectivity index (χ0) is 21.4. The van der Waals surface area contributed by atoms with Crippen molar-refractivity contribution in [1.82, 2.24) is 19.1 Å². The van der Waals surface area contributed by atoms with Gasteiger partial charge < -0.3 is 14.2 Å². The van der Waals surface area contributed by atoms with Crippen molar-refractivity contribution in [3.8, 4) is 22.9 Å². The Bertz CT molecular complexity index is 1280. The van der Waals surface area contributed by atoms with Crippen LogP contribution >= 0.6 is 12.2 Å². The molecule has 1 fully saturated rings. The molecular formula is C20H20N4O5S2. The molecule has 9 nitrogen and oxygen atoms in total. The number of morpholine rings is 1. The molecule has 3 heterocycles. The maximum absolute atomic E-state index is 13.0. The largest absolute Gasteiger partial charge is 0.454 e. The lowest BCUT2D eigenvalue weighted by atomic mass is 10.2. The topological polar surface area (TPSA) is 98.7 Å². The summed E-state index contributed by atoms with van der Waals surface area (Å²) in [6.45, 7) is 2.13. The van der Waals surface area contributed by atoms with Crippen molar-refractivity contribution in [2.24, 2.45) is 0 Å². The number of nitrogens with zero attached hydrogens (tertiary/aromatic N) is 3. The van der Waals surface area contributed by atoms with E-state index in [0.29, 0.717) is 60.5 Å². The van der Waals surface area contributed by atoms with E-state index in [4.69, 9.17) is 26.4 Å². The van der Waals surface area contributed by atoms with Crippen LogP contribution < -0.4 is 9.47 Å². The highest BCUT2D eigenvalue weighted by molar-refractivity contribution is 7.89. The van der Waals surface area contributed by atoms with E-state index in [9.17, 15) is 8.42 Å². The fraction of sp³-hybridized carbons (Fsp3) is 0.300. The van der Waals surface area contributed by atoms with E-state index in [1.807, 2.05) is 28.8 Å². The Hall–Kier alpha value is -2.73. The highest BCUT2D eigenvalue weighted by Gasteiger charge is 2.27. The third-order valence-corrected chi connectivity index (χ3v) is 7.44. The molecule has 11 heteroatoms. The van der Waals surface area contributed by atoms with Gasteiger partial charge in [-0.1, -0.05) is 18.2 Å². The van der Waals surface area contributed by atoms with Gasteiger partial charge in [0.05, 0.1) is 24.7 Å². The van der Waals surface area contributed by atoms with Gasteiger partial charge >= 0.3 is 0 Å². The Morgan fingerprint density at radius 1 is 1.06 bits per heavy atom. The normalized spacial score (nSPS) is 16.5. The number of rotatable bonds is 5. The van der Waals surface area contributed by atoms with Gasteiger partial charge in [0.15, 0.2) is 22.1 Å². The van der Waals surface area contributed by atoms with Crippen LogP contribution in [0.1, 0.15) is 5.56 Å². The molecule has 1 aromatic heterocycles. The number of nitrogens with one attached hydrogen (secondary N) is 1. The molecule has 0 saturated carbocycles. The molecule has 0 bridgehead atoms. The molecule has 2 aromatic carbocycles. The van der Waals surface area contributed by atoms with Gasteiger partial charge in [0, 0.05) is 18.7 Å². The zero-order valence-corrected chi connectivity index (χ0v) is 18.1. The van der Waals surface area contributed by atoms with Crippen LogP contribution in [0.25, 0.3) is 11.4 Å². The lowest BCUT2D eigenvalue weighted by Crippen LogP contribution is -2.40. The molecule has 0 radical (unpaired) electrons. The quantitative estimate of drug-likeness (QED) is 0.584. The molecule has 0 spiro atoms. The Balaban J connectivity index is 1.48. The second-order valence-corrected chi connectivity index (χ2v) is 9.50. The van der Waals surface area contributed by atoms with E-state index < -0.39 is 10.0 Å². The molecule has 0 unspecified atom stereocenters. The van der Waals surface area contributed by atoms with E-state index in [-0.39, 0.29) is 11.7 Å². The first-order chi connectivity index (χ1) is 15.0. The van der Waals surface area contributed by atoms with E-state index >= 15 is 0 Å². The van der Waals surface area contributed by atoms with Gasteiger partial charge in [-0.25, -0.2) is 8.42 Å². The van der Waals surface area contributed by atoms with Crippen molar-refractivity contribution in [3.05, 3.63) is 52.8 Å². The molecule has 2 aliphatic heterocycles. The molecular weight excluding hydrogens is 440 g/mol. The van der Waals surface area contributed by atoms with Crippen LogP contribution in [0.3, 0.4) is 0 Å². The molecule has 3 aromatic rings. The number of fused-ring (bicyclic) bond motifs is 1. The number of aromatic nitrogens is 3. The minimum Gasteiger partial charge on any atom is -0.454 e. The van der Waals surface area contributed by atoms with Crippen LogP contribution in [0.5, 0.6) is 11.5 Å². The van der Waals surface area contributed by atoms with Crippen LogP contribution in [-0.4, -0.2) is 60.6 Å². The van der Waals surface area contributed by atoms with Crippen molar-refractivity contribution >= 4 is 22.2 Å². The summed E-state index contributed by atoms with van der Waals surface area (Å²) in [6.07, 6.45) is 0. The third-order valence-electron chi connectivity index (χ3n) is 5.24. The SMILES string of the molecule is O=S(=O)(c1cccc(-c2n[nH]c(=S)n2Cc2ccc3c(c2)OCO3)c1)N1CCOCC1. The summed E-state index contributed by atoms with van der Waals surface area (Å²) in [4.78, 5) is 0.218. The smallest absolute Gasteiger partial charge is 0.243 e. The van der Waals surface area contributed by atoms with Gasteiger partial charge in [-0.15, -0.1) is 0 Å². The molecule has 0 atom stereocenters. The first-order valence-electron chi connectivity index (χ1n) is 9.74. The summed E-state index contributed by atoms with van der Waals surface area (Å²) in [7, 11) is -3.61. The predicted molar refractivity (Wildman–Crippen MR) is 114 cm³/mol. The van der Waals surface area contributed by atoms with E-state index in [1.165, 1.54) is 4.31 Å². The first kappa shape index (κ1) is 20.2. The fourth-order valence-electron chi connectivity index (χ4n) is 3.64. The van der Waals surface area contributed by atoms with E-state index in [2.05, 4.69) is 10.2 Å². The number of H-pyrrole nitrogens is 1. The molecule has 0 aliphatic carbocycles. The monoisotopic (exact) mass is 460 g/mol. The van der Waals surface area contributed by atoms with Crippen molar-refractivity contribution in [1.29, 1.82) is 0 Å². The lowest BCUT2D eigenvalue weighted by molar-refractivity contribution is 0.0730. The van der Waals surface area contributed by atoms with Gasteiger partial charge in [0.25, 0.3) is 0 Å². The van der Waals surface area contributed by atoms with Crippen LogP contribution in [0, 0.1) is 4.77 Å². The maximum atomic E-state index is 13.0. The lowest BCUT2D eigenvalue weighted by Gasteiger charge is -2.26. The number of hydrogen-bond donors (Lipinski definition) is 1. The molecule has 2 aliphatic rings. The minimum atomic E-state index is -3.61. The van der Waals surface area contributed by atoms with Gasteiger partial charge in [0.2, 0.25) is 16.8 Å². The average molecular weight is 461 g/mol. The van der Waals surface area contributed by atoms with Gasteiger partial charge in [-0.05, 0) is 42.0 Å². The van der Waals surface area contributed by atoms with Crippen LogP contribution in [0.2, 0.25) is 0 Å². The van der Waals surface area contributed by atoms with E-state index in [1.54, 1.807) is 18.2 Å². The zero-order valence-electron chi connectivity index (χ0n) is 16.5. The number of aromatic amines is 1. The molecule has 31 heavy (non-hydrogen) atoms. The molecule has 162 valence electrons. The molecule has 5 rings (SSSR count). The van der Waals surface area contributed by atoms with Crippen LogP contribution in [-0.2, 0) is 21.3 Å². The van der Waals surface area contributed by atoms with Crippen LogP contribution in [0.4, 0.5) is 0 Å². The number of sulfonamides is 1. The highest BCUT2D eigenvalue weighted by Crippen LogP contribution is 2.33. The second kappa shape index (κ2) is 8.08. The number of benzene rings is 2. The maximum Gasteiger partial charge on any atom is 0.243 e. The fourth-order valence-corrected chi connectivity index (χ4v) is 5.29. The summed E-state index contributed by atoms with van der Waals surface area (Å²) in [5.74, 6) is 1.95. The molecule has 0 amide bonds. The molecule has 1 N–H and O–H groups in total. The van der Waals surface area contributed by atoms with Gasteiger partial charge in [-0.2, -0.15) is 9.40 Å². The number of ether oxygens (including phenoxy) is 3. The molecule has 1 saturated heterocycles. The average Bonchev–Trinajstić information content (AvgIpc) is 3.41. The second-order valence-electron chi connectivity index (χ2n) is 7.17. The predicted octanol–water partition coefficient (Wildman–Crippen LogP) is 2.41. The summed E-state index contributed by atoms with van der Waals surface area (Å²) < 4.78 is 45.9. The Kier molecular flexibility index (Phi) is 5.26. The van der Waals surface area contributed by atoms with Crippen molar-refractivity contribution < 1.29 is 22.6 Å². The summed E-state index contributed by atoms with van der Waals surface area (Å²) in [5, 5.41) is 7.17. The minimum absolute atomic E-state index is 0.208. The third kappa shape index (κ3) is 3.85. The Morgan fingerprint density at radius 3 is 2.71 bits per heavy atom. The van der Waals surface area contributed by atoms with E-state index in [0.717, 1.165) is 5.56 Å².